The van der Waals surface area contributed by atoms with Crippen LogP contribution in [-0.2, 0) is 6.54 Å². The smallest absolute Gasteiger partial charge is 0.297 e. The van der Waals surface area contributed by atoms with Crippen molar-refractivity contribution in [2.45, 2.75) is 13.5 Å². The maximum absolute atomic E-state index is 12.1. The lowest BCUT2D eigenvalue weighted by molar-refractivity contribution is 0.401. The number of ether oxygens (including phenoxy) is 1. The molecular weight excluding hydrogens is 278 g/mol. The van der Waals surface area contributed by atoms with Gasteiger partial charge in [-0.3, -0.25) is 9.36 Å². The molecule has 0 fully saturated rings. The molecule has 0 amide bonds. The van der Waals surface area contributed by atoms with E-state index < -0.39 is 0 Å². The van der Waals surface area contributed by atoms with Gasteiger partial charge in [-0.05, 0) is 30.2 Å². The lowest BCUT2D eigenvalue weighted by atomic mass is 10.1. The van der Waals surface area contributed by atoms with Crippen molar-refractivity contribution in [2.75, 3.05) is 7.11 Å². The zero-order valence-electron chi connectivity index (χ0n) is 11.1. The number of hydrogen-bond donors (Lipinski definition) is 0. The van der Waals surface area contributed by atoms with E-state index in [1.165, 1.54) is 18.0 Å². The Bertz CT molecular complexity index is 747. The maximum Gasteiger partial charge on any atom is 0.297 e. The van der Waals surface area contributed by atoms with Crippen molar-refractivity contribution in [3.63, 3.8) is 0 Å². The van der Waals surface area contributed by atoms with Crippen molar-refractivity contribution < 1.29 is 4.74 Å². The number of methoxy groups -OCH3 is 1. The lowest BCUT2D eigenvalue weighted by Crippen LogP contribution is -2.23. The number of rotatable bonds is 3. The van der Waals surface area contributed by atoms with Crippen molar-refractivity contribution >= 4 is 11.6 Å². The summed E-state index contributed by atoms with van der Waals surface area (Å²) in [4.78, 5) is 16.0. The van der Waals surface area contributed by atoms with Gasteiger partial charge >= 0.3 is 0 Å². The van der Waals surface area contributed by atoms with Crippen LogP contribution >= 0.6 is 11.6 Å². The quantitative estimate of drug-likeness (QED) is 0.812. The SMILES string of the molecule is COc1c(Cl)ncn(Cc2ccc(C#N)cc2C)c1=O. The van der Waals surface area contributed by atoms with E-state index in [0.29, 0.717) is 12.1 Å². The first kappa shape index (κ1) is 14.1. The summed E-state index contributed by atoms with van der Waals surface area (Å²) in [6.45, 7) is 2.23. The Morgan fingerprint density at radius 1 is 1.50 bits per heavy atom. The van der Waals surface area contributed by atoms with Gasteiger partial charge in [-0.1, -0.05) is 17.7 Å². The second-order valence-electron chi connectivity index (χ2n) is 4.25. The molecule has 1 heterocycles. The molecule has 0 bridgehead atoms. The Labute approximate surface area is 121 Å². The van der Waals surface area contributed by atoms with E-state index in [2.05, 4.69) is 11.1 Å². The van der Waals surface area contributed by atoms with Crippen LogP contribution in [0.25, 0.3) is 0 Å². The van der Waals surface area contributed by atoms with Gasteiger partial charge in [0, 0.05) is 0 Å². The molecule has 0 N–H and O–H groups in total. The first-order valence-electron chi connectivity index (χ1n) is 5.85. The average molecular weight is 290 g/mol. The summed E-state index contributed by atoms with van der Waals surface area (Å²) in [6, 6.07) is 7.39. The second-order valence-corrected chi connectivity index (χ2v) is 4.61. The lowest BCUT2D eigenvalue weighted by Gasteiger charge is -2.10. The highest BCUT2D eigenvalue weighted by Crippen LogP contribution is 2.16. The van der Waals surface area contributed by atoms with Crippen molar-refractivity contribution in [1.29, 1.82) is 5.26 Å². The van der Waals surface area contributed by atoms with Crippen molar-refractivity contribution in [2.24, 2.45) is 0 Å². The molecule has 1 aromatic carbocycles. The van der Waals surface area contributed by atoms with Crippen LogP contribution in [-0.4, -0.2) is 16.7 Å². The number of nitriles is 1. The number of hydrogen-bond acceptors (Lipinski definition) is 4. The molecule has 5 nitrogen and oxygen atoms in total. The number of aryl methyl sites for hydroxylation is 1. The monoisotopic (exact) mass is 289 g/mol. The van der Waals surface area contributed by atoms with Crippen molar-refractivity contribution in [3.8, 4) is 11.8 Å². The number of nitrogens with zero attached hydrogens (tertiary/aromatic N) is 3. The molecule has 2 aromatic rings. The van der Waals surface area contributed by atoms with Crippen LogP contribution in [0.2, 0.25) is 5.15 Å². The molecule has 0 saturated carbocycles. The topological polar surface area (TPSA) is 67.9 Å². The van der Waals surface area contributed by atoms with Crippen molar-refractivity contribution in [1.82, 2.24) is 9.55 Å². The second kappa shape index (κ2) is 5.76. The molecular formula is C14H12ClN3O2. The highest BCUT2D eigenvalue weighted by molar-refractivity contribution is 6.30. The van der Waals surface area contributed by atoms with E-state index in [9.17, 15) is 4.79 Å². The minimum absolute atomic E-state index is 0.0282. The number of halogens is 1. The molecule has 0 saturated heterocycles. The maximum atomic E-state index is 12.1. The summed E-state index contributed by atoms with van der Waals surface area (Å²) in [5.74, 6) is 0.0282. The summed E-state index contributed by atoms with van der Waals surface area (Å²) in [5, 5.41) is 8.89. The van der Waals surface area contributed by atoms with Crippen LogP contribution in [0.3, 0.4) is 0 Å². The van der Waals surface area contributed by atoms with Crippen LogP contribution < -0.4 is 10.3 Å². The average Bonchev–Trinajstić information content (AvgIpc) is 2.44. The van der Waals surface area contributed by atoms with E-state index in [1.54, 1.807) is 12.1 Å². The van der Waals surface area contributed by atoms with Crippen LogP contribution in [0.1, 0.15) is 16.7 Å². The standard InChI is InChI=1S/C14H12ClN3O2/c1-9-5-10(6-16)3-4-11(9)7-18-8-17-13(15)12(20-2)14(18)19/h3-5,8H,7H2,1-2H3. The molecule has 102 valence electrons. The Balaban J connectivity index is 2.41. The zero-order chi connectivity index (χ0) is 14.7. The van der Waals surface area contributed by atoms with E-state index in [0.717, 1.165) is 11.1 Å². The highest BCUT2D eigenvalue weighted by Gasteiger charge is 2.11. The third-order valence-electron chi connectivity index (χ3n) is 2.97. The minimum atomic E-state index is -0.337. The van der Waals surface area contributed by atoms with Gasteiger partial charge in [-0.25, -0.2) is 4.98 Å². The van der Waals surface area contributed by atoms with Gasteiger partial charge in [0.1, 0.15) is 0 Å². The minimum Gasteiger partial charge on any atom is -0.489 e. The molecule has 0 spiro atoms. The van der Waals surface area contributed by atoms with Gasteiger partial charge in [0.2, 0.25) is 5.75 Å². The van der Waals surface area contributed by atoms with E-state index in [-0.39, 0.29) is 16.5 Å². The molecule has 0 aliphatic rings. The fraction of sp³-hybridized carbons (Fsp3) is 0.214. The molecule has 0 atom stereocenters. The molecule has 0 aliphatic heterocycles. The fourth-order valence-electron chi connectivity index (χ4n) is 1.86. The van der Waals surface area contributed by atoms with Gasteiger partial charge in [-0.2, -0.15) is 5.26 Å². The van der Waals surface area contributed by atoms with Crippen LogP contribution in [0.5, 0.6) is 5.75 Å². The van der Waals surface area contributed by atoms with Gasteiger partial charge in [0.05, 0.1) is 31.6 Å². The molecule has 0 radical (unpaired) electrons. The number of aromatic nitrogens is 2. The molecule has 1 aromatic heterocycles. The summed E-state index contributed by atoms with van der Waals surface area (Å²) in [7, 11) is 1.38. The van der Waals surface area contributed by atoms with Crippen molar-refractivity contribution in [3.05, 3.63) is 56.7 Å². The largest absolute Gasteiger partial charge is 0.489 e. The molecule has 2 rings (SSSR count). The summed E-state index contributed by atoms with van der Waals surface area (Å²) >= 11 is 5.79. The predicted molar refractivity (Wildman–Crippen MR) is 75.1 cm³/mol. The molecule has 6 heteroatoms. The van der Waals surface area contributed by atoms with Crippen LogP contribution in [0.15, 0.2) is 29.3 Å². The Morgan fingerprint density at radius 2 is 2.25 bits per heavy atom. The normalized spacial score (nSPS) is 10.1. The highest BCUT2D eigenvalue weighted by atomic mass is 35.5. The first-order chi connectivity index (χ1) is 9.56. The Morgan fingerprint density at radius 3 is 2.85 bits per heavy atom. The molecule has 20 heavy (non-hydrogen) atoms. The summed E-state index contributed by atoms with van der Waals surface area (Å²) in [6.07, 6.45) is 1.38. The summed E-state index contributed by atoms with van der Waals surface area (Å²) < 4.78 is 6.37. The van der Waals surface area contributed by atoms with E-state index in [4.69, 9.17) is 21.6 Å². The Kier molecular flexibility index (Phi) is 4.06. The Hall–Kier alpha value is -2.32. The number of benzene rings is 1. The van der Waals surface area contributed by atoms with Crippen LogP contribution in [0, 0.1) is 18.3 Å². The van der Waals surface area contributed by atoms with Crippen LogP contribution in [0.4, 0.5) is 0 Å². The third-order valence-corrected chi connectivity index (χ3v) is 3.24. The zero-order valence-corrected chi connectivity index (χ0v) is 11.8. The third kappa shape index (κ3) is 2.65. The predicted octanol–water partition coefficient (Wildman–Crippen LogP) is 2.13. The van der Waals surface area contributed by atoms with Gasteiger partial charge in [0.15, 0.2) is 5.15 Å². The van der Waals surface area contributed by atoms with E-state index in [1.807, 2.05) is 13.0 Å². The molecule has 0 aliphatic carbocycles. The molecule has 0 unspecified atom stereocenters. The van der Waals surface area contributed by atoms with Gasteiger partial charge in [0.25, 0.3) is 5.56 Å². The van der Waals surface area contributed by atoms with E-state index >= 15 is 0 Å². The van der Waals surface area contributed by atoms with Gasteiger partial charge in [-0.15, -0.1) is 0 Å². The first-order valence-corrected chi connectivity index (χ1v) is 6.23. The summed E-state index contributed by atoms with van der Waals surface area (Å²) in [5.41, 5.74) is 2.11. The van der Waals surface area contributed by atoms with Gasteiger partial charge < -0.3 is 4.74 Å². The fourth-order valence-corrected chi connectivity index (χ4v) is 2.06.